The summed E-state index contributed by atoms with van der Waals surface area (Å²) in [7, 11) is 1.84. The van der Waals surface area contributed by atoms with Gasteiger partial charge in [0.1, 0.15) is 23.4 Å². The van der Waals surface area contributed by atoms with Gasteiger partial charge in [-0.1, -0.05) is 30.3 Å². The van der Waals surface area contributed by atoms with Crippen molar-refractivity contribution in [3.8, 4) is 5.75 Å². The number of hydrogen-bond acceptors (Lipinski definition) is 3. The fourth-order valence-corrected chi connectivity index (χ4v) is 2.81. The minimum absolute atomic E-state index is 0.175. The molecule has 2 aromatic carbocycles. The summed E-state index contributed by atoms with van der Waals surface area (Å²) in [5, 5.41) is 12.8. The number of nitrogens with one attached hydrogen (secondary N) is 1. The van der Waals surface area contributed by atoms with Gasteiger partial charge in [-0.05, 0) is 35.7 Å². The van der Waals surface area contributed by atoms with Crippen molar-refractivity contribution in [1.29, 1.82) is 0 Å². The van der Waals surface area contributed by atoms with E-state index in [2.05, 4.69) is 10.3 Å². The number of aromatic hydroxyl groups is 1. The topological polar surface area (TPSA) is 67.2 Å². The molecule has 6 heteroatoms. The van der Waals surface area contributed by atoms with Crippen LogP contribution in [0.4, 0.5) is 4.39 Å². The monoisotopic (exact) mass is 353 g/mol. The zero-order valence-corrected chi connectivity index (χ0v) is 14.4. The van der Waals surface area contributed by atoms with Gasteiger partial charge in [0, 0.05) is 25.9 Å². The molecular weight excluding hydrogens is 333 g/mol. The van der Waals surface area contributed by atoms with Gasteiger partial charge in [0.2, 0.25) is 5.91 Å². The molecular formula is C20H20FN3O2. The normalized spacial score (nSPS) is 11.9. The summed E-state index contributed by atoms with van der Waals surface area (Å²) in [5.41, 5.74) is 1.47. The second-order valence-electron chi connectivity index (χ2n) is 6.08. The molecule has 0 spiro atoms. The van der Waals surface area contributed by atoms with Crippen molar-refractivity contribution >= 4 is 5.91 Å². The molecule has 0 aliphatic carbocycles. The minimum Gasteiger partial charge on any atom is -0.508 e. The summed E-state index contributed by atoms with van der Waals surface area (Å²) in [6.07, 6.45) is 4.09. The molecule has 1 amide bonds. The van der Waals surface area contributed by atoms with E-state index in [9.17, 15) is 14.3 Å². The Hall–Kier alpha value is -3.15. The number of halogens is 1. The molecule has 0 saturated heterocycles. The Kier molecular flexibility index (Phi) is 5.31. The quantitative estimate of drug-likeness (QED) is 0.716. The van der Waals surface area contributed by atoms with Crippen LogP contribution in [-0.2, 0) is 18.3 Å². The Morgan fingerprint density at radius 1 is 1.23 bits per heavy atom. The third-order valence-electron chi connectivity index (χ3n) is 4.24. The number of hydrogen-bond donors (Lipinski definition) is 2. The number of carbonyl (C=O) groups is 1. The molecule has 1 atom stereocenters. The number of nitrogens with zero attached hydrogens (tertiary/aromatic N) is 2. The number of aromatic nitrogens is 2. The smallest absolute Gasteiger partial charge is 0.221 e. The van der Waals surface area contributed by atoms with Gasteiger partial charge in [-0.15, -0.1) is 0 Å². The number of benzene rings is 2. The van der Waals surface area contributed by atoms with Crippen LogP contribution in [0.3, 0.4) is 0 Å². The number of imidazole rings is 1. The predicted molar refractivity (Wildman–Crippen MR) is 96.0 cm³/mol. The molecule has 0 fully saturated rings. The molecule has 1 unspecified atom stereocenters. The Bertz CT molecular complexity index is 890. The van der Waals surface area contributed by atoms with E-state index in [-0.39, 0.29) is 23.9 Å². The summed E-state index contributed by atoms with van der Waals surface area (Å²) in [6, 6.07) is 12.5. The van der Waals surface area contributed by atoms with Gasteiger partial charge in [-0.25, -0.2) is 9.37 Å². The van der Waals surface area contributed by atoms with E-state index >= 15 is 0 Å². The number of rotatable bonds is 6. The maximum atomic E-state index is 13.2. The van der Waals surface area contributed by atoms with Crippen LogP contribution in [0.25, 0.3) is 0 Å². The number of aryl methyl sites for hydroxylation is 2. The molecule has 0 aliphatic heterocycles. The standard InChI is InChI=1S/C20H20FN3O2/c1-24-13-12-22-20(24)19(15-6-9-16(21)10-7-15)23-18(26)11-8-14-4-2-3-5-17(14)25/h2-7,9-10,12-13,19,25H,8,11H2,1H3,(H,23,26). The van der Waals surface area contributed by atoms with Crippen molar-refractivity contribution in [2.24, 2.45) is 7.05 Å². The SMILES string of the molecule is Cn1ccnc1C(NC(=O)CCc1ccccc1O)c1ccc(F)cc1. The molecule has 0 aliphatic rings. The summed E-state index contributed by atoms with van der Waals surface area (Å²) in [6.45, 7) is 0. The highest BCUT2D eigenvalue weighted by atomic mass is 19.1. The largest absolute Gasteiger partial charge is 0.508 e. The maximum Gasteiger partial charge on any atom is 0.221 e. The van der Waals surface area contributed by atoms with Crippen molar-refractivity contribution in [2.45, 2.75) is 18.9 Å². The highest BCUT2D eigenvalue weighted by molar-refractivity contribution is 5.77. The number of phenolic OH excluding ortho intramolecular Hbond substituents is 1. The first-order valence-electron chi connectivity index (χ1n) is 8.33. The molecule has 134 valence electrons. The molecule has 0 saturated carbocycles. The van der Waals surface area contributed by atoms with Crippen molar-refractivity contribution in [1.82, 2.24) is 14.9 Å². The molecule has 3 rings (SSSR count). The first kappa shape index (κ1) is 17.7. The van der Waals surface area contributed by atoms with E-state index < -0.39 is 6.04 Å². The van der Waals surface area contributed by atoms with E-state index in [0.717, 1.165) is 11.1 Å². The third kappa shape index (κ3) is 4.08. The van der Waals surface area contributed by atoms with Gasteiger partial charge in [-0.3, -0.25) is 4.79 Å². The van der Waals surface area contributed by atoms with E-state index in [0.29, 0.717) is 12.2 Å². The molecule has 3 aromatic rings. The molecule has 5 nitrogen and oxygen atoms in total. The van der Waals surface area contributed by atoms with E-state index in [1.807, 2.05) is 17.7 Å². The van der Waals surface area contributed by atoms with E-state index in [4.69, 9.17) is 0 Å². The molecule has 26 heavy (non-hydrogen) atoms. The first-order valence-corrected chi connectivity index (χ1v) is 8.33. The van der Waals surface area contributed by atoms with Gasteiger partial charge in [0.25, 0.3) is 0 Å². The van der Waals surface area contributed by atoms with E-state index in [1.54, 1.807) is 42.7 Å². The van der Waals surface area contributed by atoms with Gasteiger partial charge in [0.05, 0.1) is 0 Å². The second-order valence-corrected chi connectivity index (χ2v) is 6.08. The summed E-state index contributed by atoms with van der Waals surface area (Å²) >= 11 is 0. The Balaban J connectivity index is 1.75. The second kappa shape index (κ2) is 7.82. The van der Waals surface area contributed by atoms with Crippen molar-refractivity contribution in [3.63, 3.8) is 0 Å². The lowest BCUT2D eigenvalue weighted by atomic mass is 10.0. The zero-order chi connectivity index (χ0) is 18.5. The third-order valence-corrected chi connectivity index (χ3v) is 4.24. The van der Waals surface area contributed by atoms with Crippen LogP contribution in [0.15, 0.2) is 60.9 Å². The van der Waals surface area contributed by atoms with Crippen LogP contribution in [0.1, 0.15) is 29.4 Å². The van der Waals surface area contributed by atoms with Crippen molar-refractivity contribution < 1.29 is 14.3 Å². The number of para-hydroxylation sites is 1. The van der Waals surface area contributed by atoms with Crippen molar-refractivity contribution in [3.05, 3.63) is 83.7 Å². The zero-order valence-electron chi connectivity index (χ0n) is 14.4. The first-order chi connectivity index (χ1) is 12.5. The summed E-state index contributed by atoms with van der Waals surface area (Å²) < 4.78 is 15.1. The van der Waals surface area contributed by atoms with Crippen LogP contribution in [-0.4, -0.2) is 20.6 Å². The molecule has 1 aromatic heterocycles. The van der Waals surface area contributed by atoms with Crippen LogP contribution in [0.5, 0.6) is 5.75 Å². The average molecular weight is 353 g/mol. The number of carbonyl (C=O) groups excluding carboxylic acids is 1. The molecule has 0 bridgehead atoms. The molecule has 0 radical (unpaired) electrons. The fourth-order valence-electron chi connectivity index (χ4n) is 2.81. The maximum absolute atomic E-state index is 13.2. The van der Waals surface area contributed by atoms with Crippen LogP contribution in [0, 0.1) is 5.82 Å². The van der Waals surface area contributed by atoms with Crippen molar-refractivity contribution in [2.75, 3.05) is 0 Å². The average Bonchev–Trinajstić information content (AvgIpc) is 3.05. The highest BCUT2D eigenvalue weighted by Gasteiger charge is 2.20. The lowest BCUT2D eigenvalue weighted by Gasteiger charge is -2.19. The minimum atomic E-state index is -0.479. The van der Waals surface area contributed by atoms with Gasteiger partial charge in [0.15, 0.2) is 0 Å². The Labute approximate surface area is 151 Å². The Morgan fingerprint density at radius 3 is 2.62 bits per heavy atom. The van der Waals surface area contributed by atoms with E-state index in [1.165, 1.54) is 12.1 Å². The Morgan fingerprint density at radius 2 is 1.96 bits per heavy atom. The highest BCUT2D eigenvalue weighted by Crippen LogP contribution is 2.22. The molecule has 2 N–H and O–H groups in total. The van der Waals surface area contributed by atoms with Gasteiger partial charge >= 0.3 is 0 Å². The predicted octanol–water partition coefficient (Wildman–Crippen LogP) is 3.10. The number of amides is 1. The lowest BCUT2D eigenvalue weighted by molar-refractivity contribution is -0.121. The van der Waals surface area contributed by atoms with Crippen LogP contribution in [0.2, 0.25) is 0 Å². The fraction of sp³-hybridized carbons (Fsp3) is 0.200. The van der Waals surface area contributed by atoms with Gasteiger partial charge < -0.3 is 15.0 Å². The molecule has 1 heterocycles. The van der Waals surface area contributed by atoms with Gasteiger partial charge in [-0.2, -0.15) is 0 Å². The lowest BCUT2D eigenvalue weighted by Crippen LogP contribution is -2.31. The summed E-state index contributed by atoms with van der Waals surface area (Å²) in [5.74, 6) is 0.329. The van der Waals surface area contributed by atoms with Crippen LogP contribution >= 0.6 is 0 Å². The summed E-state index contributed by atoms with van der Waals surface area (Å²) in [4.78, 5) is 16.8. The number of phenols is 1. The van der Waals surface area contributed by atoms with Crippen LogP contribution < -0.4 is 5.32 Å².